The molecule has 0 aliphatic rings. The summed E-state index contributed by atoms with van der Waals surface area (Å²) in [4.78, 5) is 0. The van der Waals surface area contributed by atoms with E-state index in [-0.39, 0.29) is 0 Å². The summed E-state index contributed by atoms with van der Waals surface area (Å²) in [7, 11) is 1.65. The Morgan fingerprint density at radius 1 is 1.30 bits per heavy atom. The summed E-state index contributed by atoms with van der Waals surface area (Å²) in [5, 5.41) is 12.6. The first kappa shape index (κ1) is 12.8. The number of ether oxygens (including phenoxy) is 1. The molecular weight excluding hydrogens is 272 g/mol. The molecule has 0 atom stereocenters. The molecule has 2 heterocycles. The Hall–Kier alpha value is -2.21. The molecule has 5 nitrogen and oxygen atoms in total. The average Bonchev–Trinajstić information content (AvgIpc) is 2.82. The van der Waals surface area contributed by atoms with Crippen molar-refractivity contribution in [2.45, 2.75) is 13.8 Å². The number of aryl methyl sites for hydroxylation is 2. The van der Waals surface area contributed by atoms with Gasteiger partial charge < -0.3 is 4.74 Å². The van der Waals surface area contributed by atoms with Gasteiger partial charge in [0.15, 0.2) is 0 Å². The molecule has 0 bridgehead atoms. The lowest BCUT2D eigenvalue weighted by Crippen LogP contribution is -1.99. The standard InChI is InChI=1S/C14H14N4OS/c1-8-12-9(2)18(17-13(12)14(20)16-15-8)10-5-4-6-11(7-10)19-3/h4-7H,1-3H3,(H,16,20). The van der Waals surface area contributed by atoms with E-state index in [1.807, 2.05) is 42.8 Å². The number of methoxy groups -OCH3 is 1. The van der Waals surface area contributed by atoms with E-state index in [4.69, 9.17) is 17.0 Å². The summed E-state index contributed by atoms with van der Waals surface area (Å²) in [5.41, 5.74) is 3.61. The maximum Gasteiger partial charge on any atom is 0.148 e. The van der Waals surface area contributed by atoms with Gasteiger partial charge in [-0.15, -0.1) is 0 Å². The normalized spacial score (nSPS) is 10.9. The number of aromatic amines is 1. The second kappa shape index (κ2) is 4.72. The molecule has 20 heavy (non-hydrogen) atoms. The zero-order chi connectivity index (χ0) is 14.3. The highest BCUT2D eigenvalue weighted by Gasteiger charge is 2.13. The Balaban J connectivity index is 2.32. The highest BCUT2D eigenvalue weighted by atomic mass is 32.1. The lowest BCUT2D eigenvalue weighted by molar-refractivity contribution is 0.414. The molecule has 102 valence electrons. The van der Waals surface area contributed by atoms with Gasteiger partial charge in [-0.05, 0) is 26.0 Å². The number of nitrogens with zero attached hydrogens (tertiary/aromatic N) is 3. The molecule has 6 heteroatoms. The van der Waals surface area contributed by atoms with E-state index in [2.05, 4.69) is 15.3 Å². The summed E-state index contributed by atoms with van der Waals surface area (Å²) in [5.74, 6) is 0.793. The molecule has 0 radical (unpaired) electrons. The fraction of sp³-hybridized carbons (Fsp3) is 0.214. The molecule has 0 aliphatic carbocycles. The Labute approximate surface area is 121 Å². The summed E-state index contributed by atoms with van der Waals surface area (Å²) in [6.45, 7) is 3.95. The molecule has 0 aliphatic heterocycles. The van der Waals surface area contributed by atoms with Crippen molar-refractivity contribution in [3.8, 4) is 11.4 Å². The average molecular weight is 286 g/mol. The molecule has 2 aromatic heterocycles. The van der Waals surface area contributed by atoms with Crippen LogP contribution in [0.4, 0.5) is 0 Å². The fourth-order valence-electron chi connectivity index (χ4n) is 2.33. The first-order valence-electron chi connectivity index (χ1n) is 6.21. The van der Waals surface area contributed by atoms with Crippen LogP contribution in [0.15, 0.2) is 24.3 Å². The second-order valence-electron chi connectivity index (χ2n) is 4.56. The van der Waals surface area contributed by atoms with Crippen LogP contribution in [-0.2, 0) is 0 Å². The molecule has 1 aromatic carbocycles. The van der Waals surface area contributed by atoms with E-state index >= 15 is 0 Å². The van der Waals surface area contributed by atoms with Crippen LogP contribution in [0.2, 0.25) is 0 Å². The predicted octanol–water partition coefficient (Wildman–Crippen LogP) is 3.10. The van der Waals surface area contributed by atoms with Crippen molar-refractivity contribution in [1.82, 2.24) is 20.0 Å². The van der Waals surface area contributed by atoms with Crippen molar-refractivity contribution >= 4 is 23.1 Å². The highest BCUT2D eigenvalue weighted by molar-refractivity contribution is 7.71. The SMILES string of the molecule is COc1cccc(-n2nc3c(=S)[nH]nc(C)c3c2C)c1. The number of fused-ring (bicyclic) bond motifs is 1. The molecule has 0 saturated carbocycles. The fourth-order valence-corrected chi connectivity index (χ4v) is 2.52. The van der Waals surface area contributed by atoms with Gasteiger partial charge in [0.25, 0.3) is 0 Å². The van der Waals surface area contributed by atoms with Gasteiger partial charge in [-0.3, -0.25) is 5.10 Å². The van der Waals surface area contributed by atoms with Crippen molar-refractivity contribution in [3.63, 3.8) is 0 Å². The van der Waals surface area contributed by atoms with Crippen molar-refractivity contribution in [2.24, 2.45) is 0 Å². The van der Waals surface area contributed by atoms with Crippen molar-refractivity contribution in [2.75, 3.05) is 7.11 Å². The van der Waals surface area contributed by atoms with Crippen molar-refractivity contribution < 1.29 is 4.74 Å². The number of aromatic nitrogens is 4. The number of H-pyrrole nitrogens is 1. The largest absolute Gasteiger partial charge is 0.497 e. The second-order valence-corrected chi connectivity index (χ2v) is 4.97. The Kier molecular flexibility index (Phi) is 3.02. The van der Waals surface area contributed by atoms with Gasteiger partial charge in [0.2, 0.25) is 0 Å². The molecule has 0 saturated heterocycles. The minimum atomic E-state index is 0.551. The van der Waals surface area contributed by atoms with Crippen LogP contribution in [0.25, 0.3) is 16.6 Å². The minimum Gasteiger partial charge on any atom is -0.497 e. The first-order valence-corrected chi connectivity index (χ1v) is 6.61. The van der Waals surface area contributed by atoms with E-state index in [0.717, 1.165) is 33.7 Å². The maximum atomic E-state index is 5.27. The van der Waals surface area contributed by atoms with Gasteiger partial charge in [-0.25, -0.2) is 4.68 Å². The number of benzene rings is 1. The lowest BCUT2D eigenvalue weighted by atomic mass is 10.2. The van der Waals surface area contributed by atoms with Gasteiger partial charge in [0.05, 0.1) is 24.2 Å². The van der Waals surface area contributed by atoms with Gasteiger partial charge in [0, 0.05) is 11.5 Å². The van der Waals surface area contributed by atoms with E-state index in [1.54, 1.807) is 7.11 Å². The molecular formula is C14H14N4OS. The van der Waals surface area contributed by atoms with Crippen molar-refractivity contribution in [3.05, 3.63) is 40.3 Å². The zero-order valence-electron chi connectivity index (χ0n) is 11.5. The van der Waals surface area contributed by atoms with E-state index in [0.29, 0.717) is 4.64 Å². The lowest BCUT2D eigenvalue weighted by Gasteiger charge is -2.06. The quantitative estimate of drug-likeness (QED) is 0.735. The number of nitrogens with one attached hydrogen (secondary N) is 1. The monoisotopic (exact) mass is 286 g/mol. The maximum absolute atomic E-state index is 5.27. The van der Waals surface area contributed by atoms with E-state index in [1.165, 1.54) is 0 Å². The Morgan fingerprint density at radius 3 is 2.80 bits per heavy atom. The molecule has 0 fully saturated rings. The molecule has 1 N–H and O–H groups in total. The zero-order valence-corrected chi connectivity index (χ0v) is 12.3. The molecule has 0 unspecified atom stereocenters. The summed E-state index contributed by atoms with van der Waals surface area (Å²) in [6, 6.07) is 7.76. The third kappa shape index (κ3) is 1.89. The highest BCUT2D eigenvalue weighted by Crippen LogP contribution is 2.24. The van der Waals surface area contributed by atoms with Crippen LogP contribution >= 0.6 is 12.2 Å². The van der Waals surface area contributed by atoms with E-state index in [9.17, 15) is 0 Å². The first-order chi connectivity index (χ1) is 9.61. The summed E-state index contributed by atoms with van der Waals surface area (Å²) in [6.07, 6.45) is 0. The van der Waals surface area contributed by atoms with Gasteiger partial charge in [0.1, 0.15) is 15.9 Å². The van der Waals surface area contributed by atoms with Crippen LogP contribution in [0.3, 0.4) is 0 Å². The third-order valence-electron chi connectivity index (χ3n) is 3.32. The molecule has 3 aromatic rings. The molecule has 3 rings (SSSR count). The Morgan fingerprint density at radius 2 is 2.10 bits per heavy atom. The van der Waals surface area contributed by atoms with Gasteiger partial charge in [-0.2, -0.15) is 10.2 Å². The Bertz CT molecular complexity index is 850. The topological polar surface area (TPSA) is 55.7 Å². The number of rotatable bonds is 2. The van der Waals surface area contributed by atoms with E-state index < -0.39 is 0 Å². The smallest absolute Gasteiger partial charge is 0.148 e. The predicted molar refractivity (Wildman–Crippen MR) is 80.1 cm³/mol. The van der Waals surface area contributed by atoms with Crippen LogP contribution in [0.5, 0.6) is 5.75 Å². The minimum absolute atomic E-state index is 0.551. The van der Waals surface area contributed by atoms with Crippen LogP contribution in [-0.4, -0.2) is 27.1 Å². The molecule has 0 amide bonds. The number of hydrogen-bond donors (Lipinski definition) is 1. The van der Waals surface area contributed by atoms with Crippen LogP contribution < -0.4 is 4.74 Å². The molecule has 0 spiro atoms. The van der Waals surface area contributed by atoms with Gasteiger partial charge in [-0.1, -0.05) is 18.3 Å². The summed E-state index contributed by atoms with van der Waals surface area (Å²) < 4.78 is 7.68. The van der Waals surface area contributed by atoms with Crippen LogP contribution in [0, 0.1) is 18.5 Å². The summed E-state index contributed by atoms with van der Waals surface area (Å²) >= 11 is 5.27. The van der Waals surface area contributed by atoms with Crippen molar-refractivity contribution in [1.29, 1.82) is 0 Å². The van der Waals surface area contributed by atoms with Gasteiger partial charge >= 0.3 is 0 Å². The number of hydrogen-bond acceptors (Lipinski definition) is 4. The van der Waals surface area contributed by atoms with Crippen LogP contribution in [0.1, 0.15) is 11.4 Å². The third-order valence-corrected chi connectivity index (χ3v) is 3.60.